The van der Waals surface area contributed by atoms with Crippen molar-refractivity contribution in [1.29, 1.82) is 0 Å². The van der Waals surface area contributed by atoms with Gasteiger partial charge in [0.15, 0.2) is 11.5 Å². The second kappa shape index (κ2) is 8.85. The monoisotopic (exact) mass is 477 g/mol. The SMILES string of the molecule is CC(=NNC(=O)c1ccc(CN2C(=O)c3cccc4cccc2c34)cc1)c1ccc2c(c1)OCCO2. The molecule has 2 aliphatic heterocycles. The number of hydrazone groups is 1. The summed E-state index contributed by atoms with van der Waals surface area (Å²) >= 11 is 0. The van der Waals surface area contributed by atoms with Crippen LogP contribution in [0.15, 0.2) is 84.0 Å². The first-order chi connectivity index (χ1) is 17.6. The normalized spacial score (nSPS) is 14.3. The van der Waals surface area contributed by atoms with E-state index in [9.17, 15) is 9.59 Å². The van der Waals surface area contributed by atoms with Gasteiger partial charge in [-0.25, -0.2) is 5.43 Å². The van der Waals surface area contributed by atoms with Crippen LogP contribution in [0.4, 0.5) is 5.69 Å². The maximum absolute atomic E-state index is 13.0. The minimum atomic E-state index is -0.312. The van der Waals surface area contributed by atoms with Crippen LogP contribution in [-0.4, -0.2) is 30.7 Å². The van der Waals surface area contributed by atoms with Crippen molar-refractivity contribution < 1.29 is 19.1 Å². The fourth-order valence-corrected chi connectivity index (χ4v) is 4.61. The van der Waals surface area contributed by atoms with Crippen molar-refractivity contribution in [3.63, 3.8) is 0 Å². The number of hydrogen-bond donors (Lipinski definition) is 1. The van der Waals surface area contributed by atoms with E-state index in [2.05, 4.69) is 10.5 Å². The van der Waals surface area contributed by atoms with Crippen molar-refractivity contribution in [1.82, 2.24) is 5.43 Å². The van der Waals surface area contributed by atoms with Gasteiger partial charge >= 0.3 is 0 Å². The molecule has 1 N–H and O–H groups in total. The van der Waals surface area contributed by atoms with Gasteiger partial charge in [0.05, 0.1) is 17.9 Å². The number of hydrogen-bond acceptors (Lipinski definition) is 5. The standard InChI is InChI=1S/C29H23N3O4/c1-18(22-12-13-25-26(16-22)36-15-14-35-25)30-31-28(33)21-10-8-19(9-11-21)17-32-24-7-3-5-20-4-2-6-23(27(20)24)29(32)34/h2-13,16H,14-15,17H2,1H3,(H,31,33). The third-order valence-electron chi connectivity index (χ3n) is 6.49. The Morgan fingerprint density at radius 1 is 0.917 bits per heavy atom. The Kier molecular flexibility index (Phi) is 5.37. The van der Waals surface area contributed by atoms with Crippen molar-refractivity contribution in [2.24, 2.45) is 5.10 Å². The van der Waals surface area contributed by atoms with Crippen molar-refractivity contribution in [2.75, 3.05) is 18.1 Å². The number of nitrogens with zero attached hydrogens (tertiary/aromatic N) is 2. The van der Waals surface area contributed by atoms with Crippen LogP contribution in [-0.2, 0) is 6.54 Å². The van der Waals surface area contributed by atoms with Crippen LogP contribution in [0, 0.1) is 0 Å². The summed E-state index contributed by atoms with van der Waals surface area (Å²) in [5, 5.41) is 6.30. The zero-order valence-electron chi connectivity index (χ0n) is 19.7. The summed E-state index contributed by atoms with van der Waals surface area (Å²) in [6.45, 7) is 3.29. The lowest BCUT2D eigenvalue weighted by Gasteiger charge is -2.18. The molecule has 4 aromatic rings. The highest BCUT2D eigenvalue weighted by Gasteiger charge is 2.29. The summed E-state index contributed by atoms with van der Waals surface area (Å²) in [4.78, 5) is 27.5. The molecule has 0 bridgehead atoms. The molecule has 4 aromatic carbocycles. The van der Waals surface area contributed by atoms with E-state index in [-0.39, 0.29) is 11.8 Å². The van der Waals surface area contributed by atoms with Gasteiger partial charge in [-0.1, -0.05) is 36.4 Å². The maximum atomic E-state index is 13.0. The molecule has 0 fully saturated rings. The fourth-order valence-electron chi connectivity index (χ4n) is 4.61. The van der Waals surface area contributed by atoms with Crippen LogP contribution >= 0.6 is 0 Å². The fraction of sp³-hybridized carbons (Fsp3) is 0.138. The van der Waals surface area contributed by atoms with E-state index in [1.807, 2.05) is 73.7 Å². The number of benzene rings is 4. The first-order valence-electron chi connectivity index (χ1n) is 11.8. The van der Waals surface area contributed by atoms with Gasteiger partial charge in [0.25, 0.3) is 11.8 Å². The lowest BCUT2D eigenvalue weighted by atomic mass is 10.1. The van der Waals surface area contributed by atoms with Gasteiger partial charge in [-0.2, -0.15) is 5.10 Å². The number of nitrogens with one attached hydrogen (secondary N) is 1. The molecule has 36 heavy (non-hydrogen) atoms. The third kappa shape index (κ3) is 3.84. The van der Waals surface area contributed by atoms with Gasteiger partial charge in [-0.05, 0) is 60.3 Å². The van der Waals surface area contributed by atoms with E-state index in [1.165, 1.54) is 0 Å². The van der Waals surface area contributed by atoms with E-state index < -0.39 is 0 Å². The van der Waals surface area contributed by atoms with Gasteiger partial charge in [-0.15, -0.1) is 0 Å². The molecule has 0 spiro atoms. The molecule has 0 saturated heterocycles. The maximum Gasteiger partial charge on any atom is 0.271 e. The van der Waals surface area contributed by atoms with E-state index in [0.717, 1.165) is 33.2 Å². The Labute approximate surface area is 207 Å². The molecule has 7 heteroatoms. The summed E-state index contributed by atoms with van der Waals surface area (Å²) in [6, 6.07) is 24.5. The molecular formula is C29H23N3O4. The summed E-state index contributed by atoms with van der Waals surface area (Å²) in [5.41, 5.74) is 7.16. The molecule has 178 valence electrons. The molecule has 2 amide bonds. The summed E-state index contributed by atoms with van der Waals surface area (Å²) in [6.07, 6.45) is 0. The van der Waals surface area contributed by atoms with Gasteiger partial charge in [0.2, 0.25) is 0 Å². The Balaban J connectivity index is 1.14. The largest absolute Gasteiger partial charge is 0.486 e. The highest BCUT2D eigenvalue weighted by atomic mass is 16.6. The van der Waals surface area contributed by atoms with E-state index in [1.54, 1.807) is 17.0 Å². The molecule has 7 nitrogen and oxygen atoms in total. The predicted molar refractivity (Wildman–Crippen MR) is 138 cm³/mol. The Morgan fingerprint density at radius 3 is 2.44 bits per heavy atom. The van der Waals surface area contributed by atoms with Gasteiger partial charge in [-0.3, -0.25) is 9.59 Å². The Morgan fingerprint density at radius 2 is 1.64 bits per heavy atom. The topological polar surface area (TPSA) is 80.2 Å². The minimum absolute atomic E-state index is 0.00688. The molecule has 0 aromatic heterocycles. The molecule has 0 radical (unpaired) electrons. The highest BCUT2D eigenvalue weighted by molar-refractivity contribution is 6.24. The van der Waals surface area contributed by atoms with Crippen LogP contribution in [0.2, 0.25) is 0 Å². The quantitative estimate of drug-likeness (QED) is 0.327. The summed E-state index contributed by atoms with van der Waals surface area (Å²) < 4.78 is 11.2. The number of amides is 2. The van der Waals surface area contributed by atoms with Crippen LogP contribution in [0.3, 0.4) is 0 Å². The first-order valence-corrected chi connectivity index (χ1v) is 11.8. The average molecular weight is 478 g/mol. The van der Waals surface area contributed by atoms with Crippen LogP contribution in [0.1, 0.15) is 38.8 Å². The van der Waals surface area contributed by atoms with Crippen molar-refractivity contribution in [2.45, 2.75) is 13.5 Å². The number of ether oxygens (including phenoxy) is 2. The molecule has 2 aliphatic rings. The van der Waals surface area contributed by atoms with E-state index in [0.29, 0.717) is 42.5 Å². The van der Waals surface area contributed by atoms with E-state index in [4.69, 9.17) is 9.47 Å². The molecular weight excluding hydrogens is 454 g/mol. The van der Waals surface area contributed by atoms with Gasteiger partial charge < -0.3 is 14.4 Å². The Bertz CT molecular complexity index is 1540. The average Bonchev–Trinajstić information content (AvgIpc) is 3.19. The number of carbonyl (C=O) groups is 2. The predicted octanol–water partition coefficient (Wildman–Crippen LogP) is 4.93. The Hall–Kier alpha value is -4.65. The van der Waals surface area contributed by atoms with Crippen LogP contribution < -0.4 is 19.8 Å². The summed E-state index contributed by atoms with van der Waals surface area (Å²) in [5.74, 6) is 1.06. The number of carbonyl (C=O) groups excluding carboxylic acids is 2. The number of rotatable bonds is 5. The zero-order valence-corrected chi connectivity index (χ0v) is 19.7. The minimum Gasteiger partial charge on any atom is -0.486 e. The lowest BCUT2D eigenvalue weighted by Crippen LogP contribution is -2.26. The smallest absolute Gasteiger partial charge is 0.271 e. The molecule has 0 aliphatic carbocycles. The van der Waals surface area contributed by atoms with Crippen molar-refractivity contribution in [3.05, 3.63) is 101 Å². The second-order valence-corrected chi connectivity index (χ2v) is 8.77. The molecule has 0 saturated carbocycles. The van der Waals surface area contributed by atoms with Crippen LogP contribution in [0.25, 0.3) is 10.8 Å². The molecule has 6 rings (SSSR count). The molecule has 2 heterocycles. The molecule has 0 unspecified atom stereocenters. The first kappa shape index (κ1) is 21.9. The summed E-state index contributed by atoms with van der Waals surface area (Å²) in [7, 11) is 0. The van der Waals surface area contributed by atoms with Crippen molar-refractivity contribution >= 4 is 34.0 Å². The third-order valence-corrected chi connectivity index (χ3v) is 6.49. The highest BCUT2D eigenvalue weighted by Crippen LogP contribution is 2.38. The number of anilines is 1. The van der Waals surface area contributed by atoms with Crippen LogP contribution in [0.5, 0.6) is 11.5 Å². The van der Waals surface area contributed by atoms with Gasteiger partial charge in [0, 0.05) is 22.1 Å². The number of fused-ring (bicyclic) bond motifs is 1. The van der Waals surface area contributed by atoms with E-state index >= 15 is 0 Å². The van der Waals surface area contributed by atoms with Gasteiger partial charge in [0.1, 0.15) is 13.2 Å². The van der Waals surface area contributed by atoms with Crippen molar-refractivity contribution in [3.8, 4) is 11.5 Å². The molecule has 0 atom stereocenters. The zero-order chi connectivity index (χ0) is 24.6. The second-order valence-electron chi connectivity index (χ2n) is 8.77. The lowest BCUT2D eigenvalue weighted by molar-refractivity contribution is 0.0953.